The van der Waals surface area contributed by atoms with Gasteiger partial charge in [-0.3, -0.25) is 9.59 Å². The van der Waals surface area contributed by atoms with Crippen molar-refractivity contribution in [2.45, 2.75) is 44.6 Å². The summed E-state index contributed by atoms with van der Waals surface area (Å²) in [6, 6.07) is 7.51. The topological polar surface area (TPSA) is 69.6 Å². The second-order valence-electron chi connectivity index (χ2n) is 6.96. The molecule has 0 spiro atoms. The van der Waals surface area contributed by atoms with E-state index in [2.05, 4.69) is 17.5 Å². The summed E-state index contributed by atoms with van der Waals surface area (Å²) in [6.45, 7) is 1.26. The SMILES string of the molecule is O=C(Nc1ccc(CC(=O)N2CCC(O)CC2)cc1)[C@H]1CC=CCC1. The van der Waals surface area contributed by atoms with Gasteiger partial charge in [0.25, 0.3) is 0 Å². The van der Waals surface area contributed by atoms with Crippen LogP contribution in [0, 0.1) is 5.92 Å². The molecule has 1 fully saturated rings. The fourth-order valence-corrected chi connectivity index (χ4v) is 3.38. The highest BCUT2D eigenvalue weighted by Gasteiger charge is 2.21. The number of carbonyl (C=O) groups is 2. The van der Waals surface area contributed by atoms with E-state index in [9.17, 15) is 14.7 Å². The molecule has 0 bridgehead atoms. The third-order valence-corrected chi connectivity index (χ3v) is 5.03. The van der Waals surface area contributed by atoms with Gasteiger partial charge in [0, 0.05) is 24.7 Å². The predicted octanol–water partition coefficient (Wildman–Crippen LogP) is 2.51. The van der Waals surface area contributed by atoms with Gasteiger partial charge in [-0.1, -0.05) is 24.3 Å². The van der Waals surface area contributed by atoms with Crippen LogP contribution in [0.15, 0.2) is 36.4 Å². The number of hydrogen-bond acceptors (Lipinski definition) is 3. The van der Waals surface area contributed by atoms with Crippen molar-refractivity contribution in [2.24, 2.45) is 5.92 Å². The number of nitrogens with zero attached hydrogens (tertiary/aromatic N) is 1. The van der Waals surface area contributed by atoms with Crippen molar-refractivity contribution >= 4 is 17.5 Å². The van der Waals surface area contributed by atoms with Crippen LogP contribution in [0.25, 0.3) is 0 Å². The summed E-state index contributed by atoms with van der Waals surface area (Å²) in [5, 5.41) is 12.5. The molecule has 1 atom stereocenters. The summed E-state index contributed by atoms with van der Waals surface area (Å²) in [6.07, 6.45) is 8.28. The lowest BCUT2D eigenvalue weighted by Gasteiger charge is -2.29. The first-order valence-corrected chi connectivity index (χ1v) is 9.12. The number of benzene rings is 1. The van der Waals surface area contributed by atoms with Crippen LogP contribution in [-0.4, -0.2) is 41.0 Å². The average molecular weight is 342 g/mol. The van der Waals surface area contributed by atoms with Crippen molar-refractivity contribution in [1.82, 2.24) is 4.90 Å². The van der Waals surface area contributed by atoms with Gasteiger partial charge >= 0.3 is 0 Å². The van der Waals surface area contributed by atoms with Crippen molar-refractivity contribution in [3.8, 4) is 0 Å². The Morgan fingerprint density at radius 1 is 1.08 bits per heavy atom. The molecular weight excluding hydrogens is 316 g/mol. The smallest absolute Gasteiger partial charge is 0.227 e. The number of aliphatic hydroxyl groups is 1. The summed E-state index contributed by atoms with van der Waals surface area (Å²) in [5.41, 5.74) is 1.71. The molecule has 0 radical (unpaired) electrons. The third kappa shape index (κ3) is 4.92. The first kappa shape index (κ1) is 17.7. The molecule has 0 unspecified atom stereocenters. The van der Waals surface area contributed by atoms with Gasteiger partial charge < -0.3 is 15.3 Å². The number of anilines is 1. The average Bonchev–Trinajstić information content (AvgIpc) is 2.64. The van der Waals surface area contributed by atoms with Crippen molar-refractivity contribution in [1.29, 1.82) is 0 Å². The van der Waals surface area contributed by atoms with Crippen LogP contribution in [0.1, 0.15) is 37.7 Å². The molecule has 0 saturated carbocycles. The Kier molecular flexibility index (Phi) is 5.87. The summed E-state index contributed by atoms with van der Waals surface area (Å²) >= 11 is 0. The molecule has 2 amide bonds. The second-order valence-corrected chi connectivity index (χ2v) is 6.96. The van der Waals surface area contributed by atoms with Crippen LogP contribution in [0.3, 0.4) is 0 Å². The molecule has 1 aromatic carbocycles. The fourth-order valence-electron chi connectivity index (χ4n) is 3.38. The standard InChI is InChI=1S/C20H26N2O3/c23-18-10-12-22(13-11-18)19(24)14-15-6-8-17(9-7-15)21-20(25)16-4-2-1-3-5-16/h1-2,6-9,16,18,23H,3-5,10-14H2,(H,21,25)/t16-/m0/s1. The number of carbonyl (C=O) groups excluding carboxylic acids is 2. The number of allylic oxidation sites excluding steroid dienone is 2. The van der Waals surface area contributed by atoms with Crippen molar-refractivity contribution in [3.63, 3.8) is 0 Å². The molecule has 1 aliphatic carbocycles. The van der Waals surface area contributed by atoms with E-state index in [0.29, 0.717) is 32.4 Å². The quantitative estimate of drug-likeness (QED) is 0.826. The fraction of sp³-hybridized carbons (Fsp3) is 0.500. The van der Waals surface area contributed by atoms with E-state index < -0.39 is 0 Å². The summed E-state index contributed by atoms with van der Waals surface area (Å²) < 4.78 is 0. The highest BCUT2D eigenvalue weighted by Crippen LogP contribution is 2.21. The maximum Gasteiger partial charge on any atom is 0.227 e. The minimum absolute atomic E-state index is 0.0562. The van der Waals surface area contributed by atoms with E-state index >= 15 is 0 Å². The number of likely N-dealkylation sites (tertiary alicyclic amines) is 1. The van der Waals surface area contributed by atoms with Crippen LogP contribution in [-0.2, 0) is 16.0 Å². The Morgan fingerprint density at radius 2 is 1.80 bits per heavy atom. The first-order chi connectivity index (χ1) is 12.1. The van der Waals surface area contributed by atoms with Crippen LogP contribution >= 0.6 is 0 Å². The minimum atomic E-state index is -0.272. The van der Waals surface area contributed by atoms with Crippen LogP contribution in [0.4, 0.5) is 5.69 Å². The largest absolute Gasteiger partial charge is 0.393 e. The van der Waals surface area contributed by atoms with Crippen molar-refractivity contribution < 1.29 is 14.7 Å². The molecule has 1 aromatic rings. The molecule has 1 aliphatic heterocycles. The molecule has 1 heterocycles. The maximum atomic E-state index is 12.3. The zero-order valence-corrected chi connectivity index (χ0v) is 14.5. The van der Waals surface area contributed by atoms with Gasteiger partial charge in [-0.15, -0.1) is 0 Å². The van der Waals surface area contributed by atoms with E-state index in [-0.39, 0.29) is 23.8 Å². The summed E-state index contributed by atoms with van der Waals surface area (Å²) in [5.74, 6) is 0.221. The number of piperidine rings is 1. The van der Waals surface area contributed by atoms with Crippen LogP contribution in [0.5, 0.6) is 0 Å². The molecule has 2 N–H and O–H groups in total. The number of aliphatic hydroxyl groups excluding tert-OH is 1. The van der Waals surface area contributed by atoms with Gasteiger partial charge in [-0.05, 0) is 49.8 Å². The molecular formula is C20H26N2O3. The highest BCUT2D eigenvalue weighted by molar-refractivity contribution is 5.92. The van der Waals surface area contributed by atoms with Gasteiger partial charge in [0.05, 0.1) is 12.5 Å². The zero-order chi connectivity index (χ0) is 17.6. The van der Waals surface area contributed by atoms with Crippen molar-refractivity contribution in [2.75, 3.05) is 18.4 Å². The number of amides is 2. The van der Waals surface area contributed by atoms with Gasteiger partial charge in [0.2, 0.25) is 11.8 Å². The van der Waals surface area contributed by atoms with Gasteiger partial charge in [0.1, 0.15) is 0 Å². The van der Waals surface area contributed by atoms with E-state index in [1.165, 1.54) is 0 Å². The Labute approximate surface area is 148 Å². The Morgan fingerprint density at radius 3 is 2.44 bits per heavy atom. The van der Waals surface area contributed by atoms with Crippen molar-refractivity contribution in [3.05, 3.63) is 42.0 Å². The van der Waals surface area contributed by atoms with E-state index in [1.54, 1.807) is 0 Å². The molecule has 25 heavy (non-hydrogen) atoms. The number of rotatable bonds is 4. The minimum Gasteiger partial charge on any atom is -0.393 e. The predicted molar refractivity (Wildman–Crippen MR) is 97.1 cm³/mol. The Hall–Kier alpha value is -2.14. The monoisotopic (exact) mass is 342 g/mol. The molecule has 5 heteroatoms. The normalized spacial score (nSPS) is 21.2. The first-order valence-electron chi connectivity index (χ1n) is 9.12. The molecule has 1 saturated heterocycles. The van der Waals surface area contributed by atoms with Gasteiger partial charge in [-0.2, -0.15) is 0 Å². The molecule has 134 valence electrons. The van der Waals surface area contributed by atoms with Crippen LogP contribution in [0.2, 0.25) is 0 Å². The van der Waals surface area contributed by atoms with Crippen LogP contribution < -0.4 is 5.32 Å². The lowest BCUT2D eigenvalue weighted by Crippen LogP contribution is -2.40. The lowest BCUT2D eigenvalue weighted by molar-refractivity contribution is -0.132. The summed E-state index contributed by atoms with van der Waals surface area (Å²) in [7, 11) is 0. The Balaban J connectivity index is 1.50. The zero-order valence-electron chi connectivity index (χ0n) is 14.5. The highest BCUT2D eigenvalue weighted by atomic mass is 16.3. The molecule has 2 aliphatic rings. The van der Waals surface area contributed by atoms with E-state index in [1.807, 2.05) is 29.2 Å². The van der Waals surface area contributed by atoms with E-state index in [0.717, 1.165) is 30.5 Å². The molecule has 3 rings (SSSR count). The van der Waals surface area contributed by atoms with Gasteiger partial charge in [0.15, 0.2) is 0 Å². The lowest BCUT2D eigenvalue weighted by atomic mass is 9.93. The summed E-state index contributed by atoms with van der Waals surface area (Å²) in [4.78, 5) is 26.4. The van der Waals surface area contributed by atoms with E-state index in [4.69, 9.17) is 0 Å². The molecule has 5 nitrogen and oxygen atoms in total. The number of hydrogen-bond donors (Lipinski definition) is 2. The number of nitrogens with one attached hydrogen (secondary N) is 1. The second kappa shape index (κ2) is 8.30. The van der Waals surface area contributed by atoms with Gasteiger partial charge in [-0.25, -0.2) is 0 Å². The molecule has 0 aromatic heterocycles. The Bertz CT molecular complexity index is 631. The maximum absolute atomic E-state index is 12.3. The third-order valence-electron chi connectivity index (χ3n) is 5.03.